The molecule has 3 aromatic rings. The summed E-state index contributed by atoms with van der Waals surface area (Å²) in [5.74, 6) is -2.01. The molecule has 160 valence electrons. The third kappa shape index (κ3) is 2.66. The van der Waals surface area contributed by atoms with Crippen LogP contribution in [0.5, 0.6) is 0 Å². The summed E-state index contributed by atoms with van der Waals surface area (Å²) in [4.78, 5) is 29.4. The molecule has 1 aromatic carbocycles. The van der Waals surface area contributed by atoms with Crippen molar-refractivity contribution < 1.29 is 24.4 Å². The number of carbonyl (C=O) groups excluding carboxylic acids is 1. The monoisotopic (exact) mass is 456 g/mol. The van der Waals surface area contributed by atoms with E-state index >= 15 is 0 Å². The molecule has 7 nitrogen and oxygen atoms in total. The molecule has 1 fully saturated rings. The van der Waals surface area contributed by atoms with Gasteiger partial charge in [-0.15, -0.1) is 0 Å². The van der Waals surface area contributed by atoms with Crippen molar-refractivity contribution in [1.82, 2.24) is 9.30 Å². The highest BCUT2D eigenvalue weighted by atomic mass is 32.2. The number of fused-ring (bicyclic) bond motifs is 2. The maximum Gasteiger partial charge on any atom is 0.324 e. The highest BCUT2D eigenvalue weighted by Gasteiger charge is 2.71. The van der Waals surface area contributed by atoms with Gasteiger partial charge in [0.05, 0.1) is 24.1 Å². The van der Waals surface area contributed by atoms with Gasteiger partial charge in [0, 0.05) is 17.0 Å². The van der Waals surface area contributed by atoms with Gasteiger partial charge in [0.2, 0.25) is 22.1 Å². The molecule has 2 aromatic heterocycles. The number of rotatable bonds is 5. The largest absolute Gasteiger partial charge is 0.480 e. The zero-order chi connectivity index (χ0) is 22.1. The van der Waals surface area contributed by atoms with E-state index in [1.54, 1.807) is 29.3 Å². The molecular weight excluding hydrogens is 434 g/mol. The van der Waals surface area contributed by atoms with Gasteiger partial charge in [-0.25, -0.2) is 4.57 Å². The first-order chi connectivity index (χ1) is 14.8. The molecular formula is C22H22N3O4S2+. The van der Waals surface area contributed by atoms with Gasteiger partial charge < -0.3 is 15.1 Å². The number of thiazole rings is 1. The lowest BCUT2D eigenvalue weighted by Gasteiger charge is -2.52. The minimum atomic E-state index is -1.78. The number of aliphatic carboxylic acids is 1. The Balaban J connectivity index is 1.51. The summed E-state index contributed by atoms with van der Waals surface area (Å²) in [7, 11) is 2.01. The van der Waals surface area contributed by atoms with E-state index in [0.717, 1.165) is 25.2 Å². The summed E-state index contributed by atoms with van der Waals surface area (Å²) < 4.78 is 4.15. The first-order valence-corrected chi connectivity index (χ1v) is 11.6. The second kappa shape index (κ2) is 6.94. The SMILES string of the molecule is C[C@H]1C(c2cn3c[n+](C)c(Sc4ccccc4)c3s2)=CN2C(=O)[C@@](C(=O)O)([C@@H](C)O)[C@@H]12. The fraction of sp³-hybridized carbons (Fsp3) is 0.318. The van der Waals surface area contributed by atoms with Crippen LogP contribution in [0, 0.1) is 11.3 Å². The van der Waals surface area contributed by atoms with Crippen LogP contribution >= 0.6 is 23.1 Å². The molecule has 5 rings (SSSR count). The Morgan fingerprint density at radius 1 is 1.32 bits per heavy atom. The van der Waals surface area contributed by atoms with Gasteiger partial charge in [-0.2, -0.15) is 4.40 Å². The van der Waals surface area contributed by atoms with Crippen LogP contribution in [0.25, 0.3) is 10.4 Å². The molecule has 1 amide bonds. The topological polar surface area (TPSA) is 86.1 Å². The smallest absolute Gasteiger partial charge is 0.324 e. The standard InChI is InChI=1S/C22H21N3O4S2/c1-12-15(9-25-17(12)22(13(2)26,20(25)27)21(28)29)16-10-24-11-23(3)18(19(24)31-16)30-14-7-5-4-6-8-14/h4-13,17,26H,1-3H3/p+1/t12-,13+,17+,22+/m0/s1. The Kier molecular flexibility index (Phi) is 4.55. The van der Waals surface area contributed by atoms with E-state index in [9.17, 15) is 19.8 Å². The summed E-state index contributed by atoms with van der Waals surface area (Å²) in [6.07, 6.45) is 4.54. The number of aliphatic hydroxyl groups excluding tert-OH is 1. The molecule has 1 saturated heterocycles. The normalized spacial score (nSPS) is 26.0. The number of β-lactam (4-membered cyclic amide) rings is 1. The minimum Gasteiger partial charge on any atom is -0.480 e. The van der Waals surface area contributed by atoms with Crippen LogP contribution in [-0.4, -0.2) is 43.5 Å². The predicted octanol–water partition coefficient (Wildman–Crippen LogP) is 2.63. The molecule has 2 aliphatic rings. The average Bonchev–Trinajstić information content (AvgIpc) is 3.34. The lowest BCUT2D eigenvalue weighted by atomic mass is 9.63. The summed E-state index contributed by atoms with van der Waals surface area (Å²) in [6.45, 7) is 3.31. The quantitative estimate of drug-likeness (QED) is 0.350. The minimum absolute atomic E-state index is 0.203. The van der Waals surface area contributed by atoms with Crippen LogP contribution in [0.4, 0.5) is 0 Å². The molecule has 31 heavy (non-hydrogen) atoms. The highest BCUT2D eigenvalue weighted by molar-refractivity contribution is 7.99. The fourth-order valence-electron chi connectivity index (χ4n) is 4.79. The Labute approximate surface area is 187 Å². The van der Waals surface area contributed by atoms with Gasteiger partial charge in [0.15, 0.2) is 5.41 Å². The van der Waals surface area contributed by atoms with E-state index in [1.165, 1.54) is 11.8 Å². The number of nitrogens with zero attached hydrogens (tertiary/aromatic N) is 3. The van der Waals surface area contributed by atoms with Crippen LogP contribution in [0.2, 0.25) is 0 Å². The van der Waals surface area contributed by atoms with Crippen molar-refractivity contribution in [3.8, 4) is 0 Å². The third-order valence-electron chi connectivity index (χ3n) is 6.35. The van der Waals surface area contributed by atoms with E-state index in [0.29, 0.717) is 0 Å². The van der Waals surface area contributed by atoms with Crippen LogP contribution in [0.3, 0.4) is 0 Å². The van der Waals surface area contributed by atoms with Crippen molar-refractivity contribution in [2.45, 2.75) is 35.9 Å². The zero-order valence-corrected chi connectivity index (χ0v) is 18.9. The van der Waals surface area contributed by atoms with Crippen molar-refractivity contribution in [2.75, 3.05) is 0 Å². The van der Waals surface area contributed by atoms with Crippen molar-refractivity contribution in [2.24, 2.45) is 18.4 Å². The lowest BCUT2D eigenvalue weighted by molar-refractivity contribution is -0.705. The number of carboxylic acid groups (broad SMARTS) is 1. The first kappa shape index (κ1) is 20.3. The second-order valence-corrected chi connectivity index (χ2v) is 10.2. The Morgan fingerprint density at radius 3 is 2.68 bits per heavy atom. The third-order valence-corrected chi connectivity index (χ3v) is 8.82. The van der Waals surface area contributed by atoms with Gasteiger partial charge in [-0.3, -0.25) is 9.59 Å². The van der Waals surface area contributed by atoms with Crippen LogP contribution in [-0.2, 0) is 16.6 Å². The molecule has 0 radical (unpaired) electrons. The number of hydrogen-bond donors (Lipinski definition) is 2. The van der Waals surface area contributed by atoms with Gasteiger partial charge in [0.1, 0.15) is 6.20 Å². The molecule has 0 aliphatic carbocycles. The van der Waals surface area contributed by atoms with E-state index in [-0.39, 0.29) is 5.92 Å². The molecule has 2 aliphatic heterocycles. The number of hydrogen-bond acceptors (Lipinski definition) is 5. The predicted molar refractivity (Wildman–Crippen MR) is 117 cm³/mol. The maximum absolute atomic E-state index is 12.7. The molecule has 4 heterocycles. The molecule has 0 saturated carbocycles. The Morgan fingerprint density at radius 2 is 2.03 bits per heavy atom. The van der Waals surface area contributed by atoms with Gasteiger partial charge in [-0.1, -0.05) is 36.5 Å². The van der Waals surface area contributed by atoms with Crippen molar-refractivity contribution in [1.29, 1.82) is 0 Å². The van der Waals surface area contributed by atoms with Crippen molar-refractivity contribution >= 4 is 45.4 Å². The molecule has 0 unspecified atom stereocenters. The second-order valence-electron chi connectivity index (χ2n) is 8.13. The molecule has 0 spiro atoms. The van der Waals surface area contributed by atoms with E-state index < -0.39 is 29.4 Å². The van der Waals surface area contributed by atoms with E-state index in [1.807, 2.05) is 44.7 Å². The Bertz CT molecular complexity index is 1250. The number of benzene rings is 1. The zero-order valence-electron chi connectivity index (χ0n) is 17.2. The summed E-state index contributed by atoms with van der Waals surface area (Å²) in [6, 6.07) is 9.58. The van der Waals surface area contributed by atoms with Gasteiger partial charge in [-0.05, 0) is 36.4 Å². The molecule has 2 N–H and O–H groups in total. The van der Waals surface area contributed by atoms with Crippen LogP contribution < -0.4 is 4.57 Å². The summed E-state index contributed by atoms with van der Waals surface area (Å²) in [5, 5.41) is 21.1. The number of carboxylic acids is 1. The average molecular weight is 457 g/mol. The van der Waals surface area contributed by atoms with E-state index in [2.05, 4.69) is 21.1 Å². The van der Waals surface area contributed by atoms with Gasteiger partial charge >= 0.3 is 5.97 Å². The number of carbonyl (C=O) groups is 2. The van der Waals surface area contributed by atoms with Crippen LogP contribution in [0.15, 0.2) is 59.0 Å². The van der Waals surface area contributed by atoms with Crippen molar-refractivity contribution in [3.63, 3.8) is 0 Å². The number of amides is 1. The molecule has 9 heteroatoms. The van der Waals surface area contributed by atoms with Crippen molar-refractivity contribution in [3.05, 3.63) is 53.9 Å². The van der Waals surface area contributed by atoms with Crippen LogP contribution in [0.1, 0.15) is 18.7 Å². The summed E-state index contributed by atoms with van der Waals surface area (Å²) in [5.41, 5.74) is -0.855. The molecule has 0 bridgehead atoms. The van der Waals surface area contributed by atoms with Gasteiger partial charge in [0.25, 0.3) is 0 Å². The molecule has 4 atom stereocenters. The number of aliphatic hydroxyl groups is 1. The highest BCUT2D eigenvalue weighted by Crippen LogP contribution is 2.54. The summed E-state index contributed by atoms with van der Waals surface area (Å²) >= 11 is 3.31. The number of aryl methyl sites for hydroxylation is 1. The van der Waals surface area contributed by atoms with E-state index in [4.69, 9.17) is 0 Å². The number of imidazole rings is 1. The lowest BCUT2D eigenvalue weighted by Crippen LogP contribution is -2.74. The first-order valence-electron chi connectivity index (χ1n) is 9.96. The fourth-order valence-corrected chi connectivity index (χ4v) is 7.11. The Hall–Kier alpha value is -2.62. The number of aromatic nitrogens is 2. The maximum atomic E-state index is 12.7.